The second-order valence-electron chi connectivity index (χ2n) is 12.9. The Kier molecular flexibility index (Phi) is 10.7. The first-order valence-electron chi connectivity index (χ1n) is 16.5. The number of aliphatic imine (C=N–C) groups is 1. The van der Waals surface area contributed by atoms with Crippen LogP contribution < -0.4 is 20.5 Å². The number of esters is 1. The molecule has 0 amide bonds. The Morgan fingerprint density at radius 2 is 1.88 bits per heavy atom. The molecule has 3 aliphatic heterocycles. The number of quaternary nitrogens is 1. The van der Waals surface area contributed by atoms with Crippen LogP contribution >= 0.6 is 0 Å². The highest BCUT2D eigenvalue weighted by molar-refractivity contribution is 5.98. The van der Waals surface area contributed by atoms with Gasteiger partial charge in [0.05, 0.1) is 10.9 Å². The van der Waals surface area contributed by atoms with Crippen molar-refractivity contribution in [2.75, 3.05) is 20.2 Å². The van der Waals surface area contributed by atoms with E-state index in [2.05, 4.69) is 24.2 Å². The third kappa shape index (κ3) is 7.58. The Morgan fingerprint density at radius 3 is 2.59 bits per heavy atom. The number of aliphatic carboxylic acids is 1. The van der Waals surface area contributed by atoms with Crippen molar-refractivity contribution in [3.8, 4) is 22.6 Å². The Labute approximate surface area is 292 Å². The van der Waals surface area contributed by atoms with E-state index in [4.69, 9.17) is 23.5 Å². The second-order valence-corrected chi connectivity index (χ2v) is 12.9. The Bertz CT molecular complexity index is 1940. The van der Waals surface area contributed by atoms with E-state index in [-0.39, 0.29) is 27.9 Å². The first-order chi connectivity index (χ1) is 24.4. The number of aliphatic hydroxyl groups excluding tert-OH is 2. The molecule has 1 saturated heterocycles. The summed E-state index contributed by atoms with van der Waals surface area (Å²) in [6, 6.07) is 8.97. The average Bonchev–Trinajstić information content (AvgIpc) is 3.68. The van der Waals surface area contributed by atoms with Crippen molar-refractivity contribution in [2.24, 2.45) is 10.9 Å². The molecule has 3 aliphatic rings. The minimum atomic E-state index is -1.66. The van der Waals surface area contributed by atoms with Crippen molar-refractivity contribution in [3.05, 3.63) is 82.0 Å². The Hall–Kier alpha value is -4.90. The number of rotatable bonds is 13. The highest BCUT2D eigenvalue weighted by atomic mass is 16.8. The number of carbonyl (C=O) groups excluding carboxylic acids is 1. The van der Waals surface area contributed by atoms with Crippen molar-refractivity contribution < 1.29 is 58.5 Å². The van der Waals surface area contributed by atoms with Gasteiger partial charge in [0, 0.05) is 24.3 Å². The van der Waals surface area contributed by atoms with Crippen LogP contribution in [-0.2, 0) is 23.9 Å². The van der Waals surface area contributed by atoms with Crippen LogP contribution in [0.4, 0.5) is 0 Å². The quantitative estimate of drug-likeness (QED) is 0.109. The number of nitrogens with one attached hydrogen (secondary N) is 2. The van der Waals surface area contributed by atoms with Crippen LogP contribution in [0, 0.1) is 5.92 Å². The molecule has 1 fully saturated rings. The number of ether oxygens (including phenoxy) is 3. The van der Waals surface area contributed by atoms with Gasteiger partial charge in [-0.2, -0.15) is 9.90 Å². The van der Waals surface area contributed by atoms with Crippen molar-refractivity contribution in [1.82, 2.24) is 5.32 Å². The van der Waals surface area contributed by atoms with Crippen LogP contribution in [0.15, 0.2) is 86.0 Å². The summed E-state index contributed by atoms with van der Waals surface area (Å²) < 4.78 is 23.3. The molecule has 2 aromatic carbocycles. The molecule has 0 spiro atoms. The Morgan fingerprint density at radius 1 is 1.12 bits per heavy atom. The van der Waals surface area contributed by atoms with Gasteiger partial charge in [-0.15, -0.1) is 0 Å². The molecular formula is C36H40N3O12+. The van der Waals surface area contributed by atoms with Gasteiger partial charge in [0.25, 0.3) is 0 Å². The average molecular weight is 707 g/mol. The number of aliphatic hydroxyl groups is 2. The topological polar surface area (TPSA) is 211 Å². The molecule has 15 nitrogen and oxygen atoms in total. The maximum atomic E-state index is 13.4. The van der Waals surface area contributed by atoms with Crippen LogP contribution in [0.5, 0.6) is 11.5 Å². The third-order valence-electron chi connectivity index (χ3n) is 8.99. The monoisotopic (exact) mass is 706 g/mol. The lowest BCUT2D eigenvalue weighted by atomic mass is 9.99. The number of hydrogen-bond acceptors (Lipinski definition) is 13. The van der Waals surface area contributed by atoms with E-state index in [1.165, 1.54) is 43.6 Å². The lowest BCUT2D eigenvalue weighted by molar-refractivity contribution is -1.06. The highest BCUT2D eigenvalue weighted by Gasteiger charge is 2.51. The van der Waals surface area contributed by atoms with Crippen molar-refractivity contribution in [1.29, 1.82) is 0 Å². The number of carboxylic acids is 1. The molecule has 270 valence electrons. The molecule has 6 N–H and O–H groups in total. The number of hydroxylamine groups is 2. The summed E-state index contributed by atoms with van der Waals surface area (Å²) in [6.07, 6.45) is -0.809. The fourth-order valence-corrected chi connectivity index (χ4v) is 6.17. The van der Waals surface area contributed by atoms with E-state index in [0.29, 0.717) is 35.1 Å². The molecule has 6 rings (SSSR count). The molecule has 15 heteroatoms. The summed E-state index contributed by atoms with van der Waals surface area (Å²) in [5.74, 6) is -1.95. The molecule has 0 radical (unpaired) electrons. The van der Waals surface area contributed by atoms with Gasteiger partial charge in [-0.3, -0.25) is 15.1 Å². The molecule has 7 unspecified atom stereocenters. The summed E-state index contributed by atoms with van der Waals surface area (Å²) in [5, 5.41) is 44.7. The molecule has 51 heavy (non-hydrogen) atoms. The van der Waals surface area contributed by atoms with Gasteiger partial charge >= 0.3 is 11.9 Å². The zero-order valence-corrected chi connectivity index (χ0v) is 28.1. The Balaban J connectivity index is 1.28. The highest BCUT2D eigenvalue weighted by Crippen LogP contribution is 2.31. The molecule has 7 atom stereocenters. The number of allylic oxidation sites excluding steroid dienone is 2. The minimum absolute atomic E-state index is 0.0570. The molecular weight excluding hydrogens is 666 g/mol. The van der Waals surface area contributed by atoms with E-state index >= 15 is 0 Å². The SMILES string of the molecule is CNC(C(=O)O)C(=O)OCC1OC(Oc2ccc3c(=O)c(-c4ccc(O)cc4)coc3c2)C(O[NH+]2CC3=CC=NC3=C2CCC(C)C)C(O)C1O. The summed E-state index contributed by atoms with van der Waals surface area (Å²) in [4.78, 5) is 48.2. The van der Waals surface area contributed by atoms with E-state index in [1.807, 2.05) is 6.08 Å². The fourth-order valence-electron chi connectivity index (χ4n) is 6.17. The number of nitrogens with zero attached hydrogens (tertiary/aromatic N) is 1. The number of phenolic OH excluding ortho intramolecular Hbond substituents is 1. The number of likely N-dealkylation sites (N-methyl/N-ethyl adjacent to an activating group) is 1. The number of fused-ring (bicyclic) bond motifs is 2. The third-order valence-corrected chi connectivity index (χ3v) is 8.99. The largest absolute Gasteiger partial charge is 0.508 e. The van der Waals surface area contributed by atoms with Crippen molar-refractivity contribution in [2.45, 2.75) is 63.4 Å². The lowest BCUT2D eigenvalue weighted by Crippen LogP contribution is -3.09. The van der Waals surface area contributed by atoms with Gasteiger partial charge in [0.2, 0.25) is 18.4 Å². The number of hydrogen-bond donors (Lipinski definition) is 6. The van der Waals surface area contributed by atoms with Crippen LogP contribution in [0.25, 0.3) is 22.1 Å². The smallest absolute Gasteiger partial charge is 0.334 e. The van der Waals surface area contributed by atoms with Gasteiger partial charge in [-0.1, -0.05) is 26.0 Å². The van der Waals surface area contributed by atoms with E-state index in [1.54, 1.807) is 18.3 Å². The van der Waals surface area contributed by atoms with Crippen LogP contribution in [0.3, 0.4) is 0 Å². The summed E-state index contributed by atoms with van der Waals surface area (Å²) in [5.41, 5.74) is 3.38. The number of aromatic hydroxyl groups is 1. The maximum Gasteiger partial charge on any atom is 0.334 e. The minimum Gasteiger partial charge on any atom is -0.508 e. The lowest BCUT2D eigenvalue weighted by Gasteiger charge is -2.41. The molecule has 0 bridgehead atoms. The number of benzene rings is 2. The predicted molar refractivity (Wildman–Crippen MR) is 181 cm³/mol. The fraction of sp³-hybridized carbons (Fsp3) is 0.389. The number of phenols is 1. The van der Waals surface area contributed by atoms with E-state index < -0.39 is 55.3 Å². The molecule has 1 aromatic heterocycles. The molecule has 3 aromatic rings. The maximum absolute atomic E-state index is 13.4. The molecule has 4 heterocycles. The zero-order chi connectivity index (χ0) is 36.4. The first kappa shape index (κ1) is 35.9. The van der Waals surface area contributed by atoms with Crippen molar-refractivity contribution in [3.63, 3.8) is 0 Å². The van der Waals surface area contributed by atoms with Gasteiger partial charge in [0.15, 0.2) is 11.1 Å². The van der Waals surface area contributed by atoms with Crippen LogP contribution in [0.2, 0.25) is 0 Å². The van der Waals surface area contributed by atoms with Crippen LogP contribution in [-0.4, -0.2) is 95.5 Å². The van der Waals surface area contributed by atoms with Gasteiger partial charge in [-0.05, 0) is 55.3 Å². The number of carboxylic acid groups (broad SMARTS) is 1. The summed E-state index contributed by atoms with van der Waals surface area (Å²) in [6.45, 7) is 4.01. The number of carbonyl (C=O) groups is 2. The van der Waals surface area contributed by atoms with Gasteiger partial charge in [0.1, 0.15) is 60.5 Å². The second kappa shape index (κ2) is 15.1. The van der Waals surface area contributed by atoms with Gasteiger partial charge < -0.3 is 39.1 Å². The molecule has 0 saturated carbocycles. The van der Waals surface area contributed by atoms with E-state index in [9.17, 15) is 34.8 Å². The standard InChI is InChI=1S/C36H39N3O12/c1-18(2)4-11-25-28-20(12-13-38-28)15-39(25)51-33-32(43)31(42)27(17-48-35(46)29(37-3)34(44)45)50-36(33)49-22-9-10-23-26(14-22)47-16-24(30(23)41)19-5-7-21(40)8-6-19/h5-10,12-14,16,18,27,29,31-33,36-37,40,42-43H,4,11,15,17H2,1-3H3,(H,44,45)/p+1. The predicted octanol–water partition coefficient (Wildman–Crippen LogP) is 1.06. The van der Waals surface area contributed by atoms with E-state index in [0.717, 1.165) is 23.4 Å². The zero-order valence-electron chi connectivity index (χ0n) is 28.1. The van der Waals surface area contributed by atoms with Crippen LogP contribution in [0.1, 0.15) is 26.7 Å². The molecule has 0 aliphatic carbocycles. The normalized spacial score (nSPS) is 24.9. The summed E-state index contributed by atoms with van der Waals surface area (Å²) >= 11 is 0. The first-order valence-corrected chi connectivity index (χ1v) is 16.5. The summed E-state index contributed by atoms with van der Waals surface area (Å²) in [7, 11) is 1.28. The van der Waals surface area contributed by atoms with Gasteiger partial charge in [-0.25, -0.2) is 9.59 Å². The van der Waals surface area contributed by atoms with Crippen molar-refractivity contribution >= 4 is 29.1 Å².